The molecule has 0 saturated carbocycles. The molecule has 7 aromatic rings. The van der Waals surface area contributed by atoms with Gasteiger partial charge in [-0.25, -0.2) is 4.98 Å². The smallest absolute Gasteiger partial charge is 0.216 e. The quantitative estimate of drug-likeness (QED) is 0.171. The van der Waals surface area contributed by atoms with E-state index < -0.39 is 6.85 Å². The normalized spacial score (nSPS) is 12.3. The second-order valence-electron chi connectivity index (χ2n) is 8.70. The van der Waals surface area contributed by atoms with Crippen LogP contribution in [0, 0.1) is 32.8 Å². The minimum Gasteiger partial charge on any atom is -0.486 e. The van der Waals surface area contributed by atoms with Crippen molar-refractivity contribution in [1.29, 1.82) is 0 Å². The van der Waals surface area contributed by atoms with Gasteiger partial charge in [0.25, 0.3) is 0 Å². The van der Waals surface area contributed by atoms with E-state index in [9.17, 15) is 0 Å². The Bertz CT molecular complexity index is 1970. The molecular weight excluding hydrogens is 667 g/mol. The Morgan fingerprint density at radius 1 is 0.921 bits per heavy atom. The van der Waals surface area contributed by atoms with E-state index in [2.05, 4.69) is 45.5 Å². The fraction of sp³-hybridized carbons (Fsp3) is 0.0938. The van der Waals surface area contributed by atoms with Gasteiger partial charge < -0.3 is 14.4 Å². The van der Waals surface area contributed by atoms with E-state index in [4.69, 9.17) is 8.53 Å². The van der Waals surface area contributed by atoms with Crippen molar-refractivity contribution in [2.75, 3.05) is 0 Å². The number of hydrogen-bond acceptors (Lipinski definition) is 5. The first kappa shape index (κ1) is 22.3. The van der Waals surface area contributed by atoms with Gasteiger partial charge in [-0.05, 0) is 66.5 Å². The van der Waals surface area contributed by atoms with Gasteiger partial charge in [0, 0.05) is 58.1 Å². The first-order valence-corrected chi connectivity index (χ1v) is 12.6. The number of aryl methyl sites for hydroxylation is 3. The Kier molecular flexibility index (Phi) is 6.43. The van der Waals surface area contributed by atoms with Crippen molar-refractivity contribution in [3.8, 4) is 22.5 Å². The van der Waals surface area contributed by atoms with E-state index in [0.29, 0.717) is 11.3 Å². The molecule has 5 aromatic heterocycles. The largest absolute Gasteiger partial charge is 0.486 e. The van der Waals surface area contributed by atoms with Gasteiger partial charge in [0.1, 0.15) is 0 Å². The maximum absolute atomic E-state index is 7.57. The molecule has 0 amide bonds. The maximum Gasteiger partial charge on any atom is 0.216 e. The molecule has 4 nitrogen and oxygen atoms in total. The van der Waals surface area contributed by atoms with E-state index in [-0.39, 0.29) is 25.8 Å². The summed E-state index contributed by atoms with van der Waals surface area (Å²) < 4.78 is 29.9. The number of benzene rings is 2. The summed E-state index contributed by atoms with van der Waals surface area (Å²) >= 11 is 1.68. The fourth-order valence-electron chi connectivity index (χ4n) is 4.30. The molecule has 1 radical (unpaired) electrons. The Morgan fingerprint density at radius 2 is 1.84 bits per heavy atom. The van der Waals surface area contributed by atoms with Gasteiger partial charge in [0.2, 0.25) is 5.71 Å². The zero-order valence-corrected chi connectivity index (χ0v) is 23.8. The van der Waals surface area contributed by atoms with E-state index in [1.807, 2.05) is 61.7 Å². The number of thiophene rings is 1. The third-order valence-corrected chi connectivity index (χ3v) is 7.17. The molecule has 0 aliphatic carbocycles. The van der Waals surface area contributed by atoms with Gasteiger partial charge in [0.15, 0.2) is 0 Å². The summed E-state index contributed by atoms with van der Waals surface area (Å²) in [7, 11) is 0. The predicted octanol–water partition coefficient (Wildman–Crippen LogP) is 8.53. The molecule has 5 heterocycles. The molecule has 2 aromatic carbocycles. The average molecular weight is 693 g/mol. The number of furan rings is 1. The first-order valence-electron chi connectivity index (χ1n) is 13.3. The van der Waals surface area contributed by atoms with Crippen molar-refractivity contribution in [3.05, 3.63) is 113 Å². The Balaban J connectivity index is 0.000000204. The molecule has 38 heavy (non-hydrogen) atoms. The number of pyridine rings is 3. The van der Waals surface area contributed by atoms with Crippen LogP contribution in [-0.4, -0.2) is 15.0 Å². The molecule has 7 rings (SSSR count). The third kappa shape index (κ3) is 4.91. The van der Waals surface area contributed by atoms with Gasteiger partial charge in [-0.3, -0.25) is 0 Å². The van der Waals surface area contributed by atoms with Gasteiger partial charge >= 0.3 is 0 Å². The Hall–Kier alpha value is -3.70. The molecular formula is C32H23IrN3OS-2. The van der Waals surface area contributed by atoms with Crippen molar-refractivity contribution in [3.63, 3.8) is 0 Å². The first-order chi connectivity index (χ1) is 19.3. The number of fused-ring (bicyclic) bond motifs is 4. The van der Waals surface area contributed by atoms with Crippen molar-refractivity contribution in [2.45, 2.75) is 20.7 Å². The Morgan fingerprint density at radius 3 is 2.63 bits per heavy atom. The molecule has 0 aliphatic heterocycles. The van der Waals surface area contributed by atoms with Gasteiger partial charge in [0.05, 0.1) is 5.58 Å². The standard InChI is InChI=1S/C20H13N2OS.C12H10N.Ir/c1-11-10-24-16-8-9-21-18(17(11)16)15-5-3-4-13-14-7-6-12(2)22-20(14)23-19(13)15;1-10-7-8-12(13-9-10)11-5-3-2-4-6-11;/h3-4,6-10H,1-2H3;2-5,7-9H,1H3;/q2*-1;/i2D3;;. The minimum atomic E-state index is -2.27. The minimum absolute atomic E-state index is 0. The van der Waals surface area contributed by atoms with Crippen LogP contribution < -0.4 is 0 Å². The van der Waals surface area contributed by atoms with Crippen LogP contribution in [0.3, 0.4) is 0 Å². The molecule has 0 unspecified atom stereocenters. The molecule has 0 saturated heterocycles. The van der Waals surface area contributed by atoms with Crippen LogP contribution in [0.1, 0.15) is 20.9 Å². The van der Waals surface area contributed by atoms with Crippen LogP contribution in [0.25, 0.3) is 54.7 Å². The topological polar surface area (TPSA) is 51.8 Å². The van der Waals surface area contributed by atoms with Crippen molar-refractivity contribution in [1.82, 2.24) is 15.0 Å². The summed E-state index contributed by atoms with van der Waals surface area (Å²) in [5.74, 6) is 0. The summed E-state index contributed by atoms with van der Waals surface area (Å²) in [5, 5.41) is 4.85. The average Bonchev–Trinajstić information content (AvgIpc) is 3.54. The third-order valence-electron chi connectivity index (χ3n) is 6.10. The maximum atomic E-state index is 7.57. The van der Waals surface area contributed by atoms with Crippen LogP contribution in [0.15, 0.2) is 88.9 Å². The second-order valence-corrected chi connectivity index (χ2v) is 9.61. The number of hydrogen-bond donors (Lipinski definition) is 0. The van der Waals surface area contributed by atoms with Gasteiger partial charge in [-0.2, -0.15) is 0 Å². The molecule has 189 valence electrons. The van der Waals surface area contributed by atoms with Crippen LogP contribution in [-0.2, 0) is 20.1 Å². The van der Waals surface area contributed by atoms with E-state index >= 15 is 0 Å². The fourth-order valence-corrected chi connectivity index (χ4v) is 5.24. The van der Waals surface area contributed by atoms with Crippen LogP contribution in [0.2, 0.25) is 0 Å². The van der Waals surface area contributed by atoms with E-state index in [1.165, 1.54) is 11.6 Å². The van der Waals surface area contributed by atoms with E-state index in [1.54, 1.807) is 23.6 Å². The van der Waals surface area contributed by atoms with Crippen molar-refractivity contribution >= 4 is 43.5 Å². The summed E-state index contributed by atoms with van der Waals surface area (Å²) in [5.41, 5.74) is 6.88. The monoisotopic (exact) mass is 693 g/mol. The van der Waals surface area contributed by atoms with Gasteiger partial charge in [-0.1, -0.05) is 23.1 Å². The van der Waals surface area contributed by atoms with Gasteiger partial charge in [-0.15, -0.1) is 65.4 Å². The zero-order valence-electron chi connectivity index (χ0n) is 23.6. The molecule has 0 atom stereocenters. The summed E-state index contributed by atoms with van der Waals surface area (Å²) in [6.07, 6.45) is 3.66. The van der Waals surface area contributed by atoms with Crippen LogP contribution in [0.5, 0.6) is 0 Å². The predicted molar refractivity (Wildman–Crippen MR) is 152 cm³/mol. The summed E-state index contributed by atoms with van der Waals surface area (Å²) in [6.45, 7) is 1.82. The summed E-state index contributed by atoms with van der Waals surface area (Å²) in [6, 6.07) is 27.4. The Labute approximate surface area is 243 Å². The SMILES string of the molecule is Cc1ccc(-c2[c-]cccc2)nc1.[2H]C([2H])([2H])c1ccc2c(n1)oc1c(-c3nccc4scc(C)c34)[c-]ccc12.[Ir]. The van der Waals surface area contributed by atoms with Crippen LogP contribution >= 0.6 is 11.3 Å². The number of aromatic nitrogens is 3. The molecule has 0 bridgehead atoms. The second kappa shape index (κ2) is 11.0. The van der Waals surface area contributed by atoms with Crippen molar-refractivity contribution < 1.29 is 28.6 Å². The number of rotatable bonds is 2. The summed E-state index contributed by atoms with van der Waals surface area (Å²) in [4.78, 5) is 13.1. The number of nitrogens with zero attached hydrogens (tertiary/aromatic N) is 3. The molecule has 0 N–H and O–H groups in total. The zero-order chi connectivity index (χ0) is 27.9. The molecule has 0 fully saturated rings. The molecule has 6 heteroatoms. The molecule has 0 aliphatic rings. The molecule has 0 spiro atoms. The van der Waals surface area contributed by atoms with Crippen molar-refractivity contribution in [2.24, 2.45) is 0 Å². The van der Waals surface area contributed by atoms with E-state index in [0.717, 1.165) is 48.9 Å². The van der Waals surface area contributed by atoms with Crippen LogP contribution in [0.4, 0.5) is 0 Å².